The molecular formula is C19H26N5O2+. The number of nitrogens with zero attached hydrogens (tertiary/aromatic N) is 3. The number of piperazine rings is 1. The van der Waals surface area contributed by atoms with E-state index in [9.17, 15) is 4.79 Å². The van der Waals surface area contributed by atoms with Crippen molar-refractivity contribution in [1.29, 1.82) is 0 Å². The predicted molar refractivity (Wildman–Crippen MR) is 99.2 cm³/mol. The first kappa shape index (κ1) is 18.1. The molecule has 1 aromatic carbocycles. The van der Waals surface area contributed by atoms with E-state index in [-0.39, 0.29) is 11.9 Å². The summed E-state index contributed by atoms with van der Waals surface area (Å²) in [4.78, 5) is 24.6. The van der Waals surface area contributed by atoms with Crippen molar-refractivity contribution in [2.45, 2.75) is 19.5 Å². The van der Waals surface area contributed by atoms with Gasteiger partial charge in [0.05, 0.1) is 33.3 Å². The number of aromatic nitrogens is 2. The van der Waals surface area contributed by atoms with Crippen molar-refractivity contribution in [2.24, 2.45) is 0 Å². The molecule has 1 amide bonds. The topological polar surface area (TPSA) is 71.8 Å². The van der Waals surface area contributed by atoms with Gasteiger partial charge in [0.1, 0.15) is 5.75 Å². The summed E-state index contributed by atoms with van der Waals surface area (Å²) in [6.45, 7) is 5.95. The lowest BCUT2D eigenvalue weighted by atomic mass is 10.2. The molecule has 2 heterocycles. The number of methoxy groups -OCH3 is 1. The van der Waals surface area contributed by atoms with Crippen LogP contribution in [0, 0.1) is 0 Å². The summed E-state index contributed by atoms with van der Waals surface area (Å²) in [7, 11) is 1.64. The Labute approximate surface area is 154 Å². The molecule has 1 aliphatic heterocycles. The van der Waals surface area contributed by atoms with Gasteiger partial charge in [-0.05, 0) is 19.1 Å². The summed E-state index contributed by atoms with van der Waals surface area (Å²) >= 11 is 0. The lowest BCUT2D eigenvalue weighted by Gasteiger charge is -2.34. The summed E-state index contributed by atoms with van der Waals surface area (Å²) in [5.74, 6) is 1.62. The zero-order valence-electron chi connectivity index (χ0n) is 15.3. The van der Waals surface area contributed by atoms with Crippen LogP contribution in [0.15, 0.2) is 42.7 Å². The minimum Gasteiger partial charge on any atom is -0.496 e. The molecule has 0 unspecified atom stereocenters. The van der Waals surface area contributed by atoms with Crippen molar-refractivity contribution < 1.29 is 14.4 Å². The molecular weight excluding hydrogens is 330 g/mol. The zero-order valence-corrected chi connectivity index (χ0v) is 15.3. The largest absolute Gasteiger partial charge is 0.496 e. The lowest BCUT2D eigenvalue weighted by Crippen LogP contribution is -3.19. The van der Waals surface area contributed by atoms with Gasteiger partial charge in [-0.2, -0.15) is 0 Å². The van der Waals surface area contributed by atoms with Gasteiger partial charge in [0.15, 0.2) is 6.04 Å². The number of carbonyl (C=O) groups is 1. The molecule has 0 saturated carbocycles. The summed E-state index contributed by atoms with van der Waals surface area (Å²) in [6, 6.07) is 9.47. The van der Waals surface area contributed by atoms with Crippen LogP contribution in [-0.4, -0.2) is 55.2 Å². The fourth-order valence-electron chi connectivity index (χ4n) is 3.25. The molecule has 0 spiro atoms. The number of para-hydroxylation sites is 1. The van der Waals surface area contributed by atoms with Crippen molar-refractivity contribution in [3.05, 3.63) is 48.3 Å². The number of benzene rings is 1. The second-order valence-corrected chi connectivity index (χ2v) is 6.45. The average molecular weight is 356 g/mol. The van der Waals surface area contributed by atoms with Gasteiger partial charge in [0, 0.05) is 24.5 Å². The third-order valence-corrected chi connectivity index (χ3v) is 4.89. The molecule has 0 bridgehead atoms. The molecule has 0 aliphatic carbocycles. The predicted octanol–water partition coefficient (Wildman–Crippen LogP) is -0.105. The maximum absolute atomic E-state index is 12.6. The maximum Gasteiger partial charge on any atom is 0.278 e. The van der Waals surface area contributed by atoms with Crippen LogP contribution in [0.1, 0.15) is 12.5 Å². The average Bonchev–Trinajstić information content (AvgIpc) is 2.72. The Bertz CT molecular complexity index is 717. The van der Waals surface area contributed by atoms with Gasteiger partial charge in [0.2, 0.25) is 5.95 Å². The minimum atomic E-state index is -0.0939. The summed E-state index contributed by atoms with van der Waals surface area (Å²) < 4.78 is 5.33. The number of carbonyl (C=O) groups excluding carboxylic acids is 1. The first-order valence-corrected chi connectivity index (χ1v) is 8.95. The fraction of sp³-hybridized carbons (Fsp3) is 0.421. The number of amides is 1. The van der Waals surface area contributed by atoms with Crippen molar-refractivity contribution in [3.63, 3.8) is 0 Å². The molecule has 2 N–H and O–H groups in total. The number of nitrogens with one attached hydrogen (secondary N) is 2. The Morgan fingerprint density at radius 1 is 1.23 bits per heavy atom. The smallest absolute Gasteiger partial charge is 0.278 e. The highest BCUT2D eigenvalue weighted by molar-refractivity contribution is 5.80. The first-order chi connectivity index (χ1) is 12.7. The van der Waals surface area contributed by atoms with E-state index in [4.69, 9.17) is 4.74 Å². The van der Waals surface area contributed by atoms with Gasteiger partial charge < -0.3 is 19.9 Å². The van der Waals surface area contributed by atoms with Crippen LogP contribution < -0.4 is 19.9 Å². The number of hydrogen-bond donors (Lipinski definition) is 2. The molecule has 2 aromatic rings. The SMILES string of the molecule is COc1ccccc1CNC(=O)[C@@H](C)[NH+]1CCN(c2ncccn2)CC1. The molecule has 138 valence electrons. The molecule has 0 radical (unpaired) electrons. The standard InChI is InChI=1S/C19H25N5O2/c1-15(18(25)22-14-16-6-3-4-7-17(16)26-2)23-10-12-24(13-11-23)19-20-8-5-9-21-19/h3-9,15H,10-14H2,1-2H3,(H,22,25)/p+1/t15-/m1/s1. The summed E-state index contributed by atoms with van der Waals surface area (Å²) in [6.07, 6.45) is 3.52. The van der Waals surface area contributed by atoms with Crippen LogP contribution in [0.5, 0.6) is 5.75 Å². The lowest BCUT2D eigenvalue weighted by molar-refractivity contribution is -0.914. The van der Waals surface area contributed by atoms with Gasteiger partial charge in [-0.25, -0.2) is 9.97 Å². The van der Waals surface area contributed by atoms with Crippen molar-refractivity contribution in [1.82, 2.24) is 15.3 Å². The Hall–Kier alpha value is -2.67. The molecule has 1 saturated heterocycles. The molecule has 1 fully saturated rings. The summed E-state index contributed by atoms with van der Waals surface area (Å²) in [5.41, 5.74) is 0.983. The van der Waals surface area contributed by atoms with Crippen molar-refractivity contribution in [3.8, 4) is 5.75 Å². The van der Waals surface area contributed by atoms with E-state index in [1.54, 1.807) is 19.5 Å². The molecule has 26 heavy (non-hydrogen) atoms. The van der Waals surface area contributed by atoms with Crippen LogP contribution in [0.2, 0.25) is 0 Å². The van der Waals surface area contributed by atoms with E-state index in [0.29, 0.717) is 6.54 Å². The van der Waals surface area contributed by atoms with Gasteiger partial charge in [-0.15, -0.1) is 0 Å². The van der Waals surface area contributed by atoms with E-state index in [0.717, 1.165) is 43.4 Å². The van der Waals surface area contributed by atoms with E-state index in [1.165, 1.54) is 4.90 Å². The number of ether oxygens (including phenoxy) is 1. The molecule has 1 atom stereocenters. The van der Waals surface area contributed by atoms with Crippen LogP contribution in [0.25, 0.3) is 0 Å². The number of rotatable bonds is 6. The second-order valence-electron chi connectivity index (χ2n) is 6.45. The molecule has 7 nitrogen and oxygen atoms in total. The first-order valence-electron chi connectivity index (χ1n) is 8.95. The highest BCUT2D eigenvalue weighted by Gasteiger charge is 2.29. The monoisotopic (exact) mass is 356 g/mol. The Morgan fingerprint density at radius 2 is 1.92 bits per heavy atom. The Kier molecular flexibility index (Phi) is 6.01. The molecule has 7 heteroatoms. The van der Waals surface area contributed by atoms with E-state index < -0.39 is 0 Å². The highest BCUT2D eigenvalue weighted by atomic mass is 16.5. The van der Waals surface area contributed by atoms with Gasteiger partial charge in [-0.3, -0.25) is 4.79 Å². The van der Waals surface area contributed by atoms with Crippen LogP contribution in [0.3, 0.4) is 0 Å². The third-order valence-electron chi connectivity index (χ3n) is 4.89. The maximum atomic E-state index is 12.6. The van der Waals surface area contributed by atoms with Gasteiger partial charge in [-0.1, -0.05) is 18.2 Å². The summed E-state index contributed by atoms with van der Waals surface area (Å²) in [5, 5.41) is 3.04. The van der Waals surface area contributed by atoms with E-state index in [1.807, 2.05) is 37.3 Å². The second kappa shape index (κ2) is 8.62. The van der Waals surface area contributed by atoms with Crippen molar-refractivity contribution >= 4 is 11.9 Å². The fourth-order valence-corrected chi connectivity index (χ4v) is 3.25. The normalized spacial score (nSPS) is 16.2. The zero-order chi connectivity index (χ0) is 18.4. The molecule has 3 rings (SSSR count). The van der Waals surface area contributed by atoms with E-state index in [2.05, 4.69) is 20.2 Å². The molecule has 1 aromatic heterocycles. The Morgan fingerprint density at radius 3 is 2.62 bits per heavy atom. The number of anilines is 1. The third kappa shape index (κ3) is 4.29. The number of hydrogen-bond acceptors (Lipinski definition) is 5. The number of quaternary nitrogens is 1. The quantitative estimate of drug-likeness (QED) is 0.756. The Balaban J connectivity index is 1.50. The molecule has 1 aliphatic rings. The van der Waals surface area contributed by atoms with Gasteiger partial charge >= 0.3 is 0 Å². The van der Waals surface area contributed by atoms with Gasteiger partial charge in [0.25, 0.3) is 5.91 Å². The van der Waals surface area contributed by atoms with Crippen LogP contribution in [0.4, 0.5) is 5.95 Å². The minimum absolute atomic E-state index is 0.0651. The van der Waals surface area contributed by atoms with Crippen LogP contribution >= 0.6 is 0 Å². The van der Waals surface area contributed by atoms with Crippen molar-refractivity contribution in [2.75, 3.05) is 38.2 Å². The van der Waals surface area contributed by atoms with E-state index >= 15 is 0 Å². The van der Waals surface area contributed by atoms with Crippen LogP contribution in [-0.2, 0) is 11.3 Å². The highest BCUT2D eigenvalue weighted by Crippen LogP contribution is 2.16.